The second kappa shape index (κ2) is 5.10. The minimum absolute atomic E-state index is 0.0261. The molecule has 2 nitrogen and oxygen atoms in total. The molecule has 1 aromatic carbocycles. The molecule has 124 valence electrons. The number of benzene rings is 1. The first-order valence-corrected chi connectivity index (χ1v) is 9.20. The predicted molar refractivity (Wildman–Crippen MR) is 94.5 cm³/mol. The van der Waals surface area contributed by atoms with Crippen LogP contribution in [0.5, 0.6) is 0 Å². The van der Waals surface area contributed by atoms with Gasteiger partial charge in [0, 0.05) is 0 Å². The van der Waals surface area contributed by atoms with Crippen molar-refractivity contribution in [3.63, 3.8) is 0 Å². The average Bonchev–Trinajstić information content (AvgIpc) is 2.84. The zero-order chi connectivity index (χ0) is 16.4. The van der Waals surface area contributed by atoms with E-state index >= 15 is 0 Å². The summed E-state index contributed by atoms with van der Waals surface area (Å²) >= 11 is 0. The summed E-state index contributed by atoms with van der Waals surface area (Å²) in [6.07, 6.45) is 4.82. The van der Waals surface area contributed by atoms with Crippen molar-refractivity contribution in [1.29, 1.82) is 0 Å². The van der Waals surface area contributed by atoms with Crippen molar-refractivity contribution >= 4 is 7.12 Å². The maximum Gasteiger partial charge on any atom is 0.457 e. The lowest BCUT2D eigenvalue weighted by Crippen LogP contribution is -2.65. The predicted octanol–water partition coefficient (Wildman–Crippen LogP) is 4.57. The van der Waals surface area contributed by atoms with Crippen LogP contribution in [0.15, 0.2) is 18.2 Å². The van der Waals surface area contributed by atoms with E-state index in [0.717, 1.165) is 18.7 Å². The molecule has 0 aromatic heterocycles. The molecule has 2 unspecified atom stereocenters. The lowest BCUT2D eigenvalue weighted by molar-refractivity contribution is -0.199. The van der Waals surface area contributed by atoms with Crippen LogP contribution < -0.4 is 0 Å². The van der Waals surface area contributed by atoms with Crippen molar-refractivity contribution in [2.75, 3.05) is 0 Å². The van der Waals surface area contributed by atoms with Gasteiger partial charge in [0.2, 0.25) is 0 Å². The van der Waals surface area contributed by atoms with Gasteiger partial charge in [0.25, 0.3) is 0 Å². The fraction of sp³-hybridized carbons (Fsp3) is 0.700. The summed E-state index contributed by atoms with van der Waals surface area (Å²) in [7, 11) is -0.0261. The van der Waals surface area contributed by atoms with Gasteiger partial charge in [-0.2, -0.15) is 0 Å². The number of hydrogen-bond acceptors (Lipinski definition) is 2. The smallest absolute Gasteiger partial charge is 0.405 e. The fourth-order valence-corrected chi connectivity index (χ4v) is 5.32. The van der Waals surface area contributed by atoms with Crippen molar-refractivity contribution in [3.8, 4) is 0 Å². The number of aryl methyl sites for hydroxylation is 3. The molecule has 4 fully saturated rings. The van der Waals surface area contributed by atoms with E-state index in [-0.39, 0.29) is 12.7 Å². The lowest BCUT2D eigenvalue weighted by atomic mass is 9.43. The maximum absolute atomic E-state index is 6.49. The molecular formula is C20H29BO2. The Morgan fingerprint density at radius 1 is 1.13 bits per heavy atom. The van der Waals surface area contributed by atoms with Crippen LogP contribution in [0.25, 0.3) is 0 Å². The van der Waals surface area contributed by atoms with Crippen LogP contribution in [0.4, 0.5) is 0 Å². The Bertz CT molecular complexity index is 626. The van der Waals surface area contributed by atoms with Gasteiger partial charge in [-0.05, 0) is 80.3 Å². The molecule has 0 spiro atoms. The summed E-state index contributed by atoms with van der Waals surface area (Å²) in [6, 6.07) is 6.77. The molecular weight excluding hydrogens is 283 g/mol. The van der Waals surface area contributed by atoms with Crippen LogP contribution in [0.3, 0.4) is 0 Å². The van der Waals surface area contributed by atoms with Crippen LogP contribution in [0, 0.1) is 31.1 Å². The third-order valence-electron chi connectivity index (χ3n) is 7.24. The fourth-order valence-electron chi connectivity index (χ4n) is 5.32. The largest absolute Gasteiger partial charge is 0.457 e. The number of rotatable bonds is 3. The summed E-state index contributed by atoms with van der Waals surface area (Å²) in [4.78, 5) is 0. The molecule has 3 aliphatic carbocycles. The SMILES string of the molecule is Cc1ccc(CCB2OC3CC4C[C@@H](C4(C)C)[C@]3(C)O2)cc1C. The third-order valence-corrected chi connectivity index (χ3v) is 7.24. The normalized spacial score (nSPS) is 37.4. The van der Waals surface area contributed by atoms with Crippen LogP contribution in [0.1, 0.15) is 50.3 Å². The first-order chi connectivity index (χ1) is 10.8. The minimum Gasteiger partial charge on any atom is -0.405 e. The summed E-state index contributed by atoms with van der Waals surface area (Å²) in [6.45, 7) is 11.5. The number of hydrogen-bond donors (Lipinski definition) is 0. The van der Waals surface area contributed by atoms with E-state index in [1.54, 1.807) is 0 Å². The molecule has 3 saturated carbocycles. The van der Waals surface area contributed by atoms with Crippen LogP contribution >= 0.6 is 0 Å². The third kappa shape index (κ3) is 2.31. The quantitative estimate of drug-likeness (QED) is 0.761. The van der Waals surface area contributed by atoms with E-state index in [9.17, 15) is 0 Å². The van der Waals surface area contributed by atoms with Gasteiger partial charge in [0.1, 0.15) is 0 Å². The molecule has 4 atom stereocenters. The summed E-state index contributed by atoms with van der Waals surface area (Å²) < 4.78 is 12.8. The Morgan fingerprint density at radius 2 is 1.91 bits per heavy atom. The highest BCUT2D eigenvalue weighted by Gasteiger charge is 2.67. The second-order valence-corrected chi connectivity index (χ2v) is 8.86. The summed E-state index contributed by atoms with van der Waals surface area (Å²) in [5.41, 5.74) is 4.50. The maximum atomic E-state index is 6.49. The van der Waals surface area contributed by atoms with Gasteiger partial charge in [-0.15, -0.1) is 0 Å². The molecule has 1 aliphatic heterocycles. The highest BCUT2D eigenvalue weighted by Crippen LogP contribution is 2.65. The lowest BCUT2D eigenvalue weighted by Gasteiger charge is -2.64. The van der Waals surface area contributed by atoms with Gasteiger partial charge in [-0.25, -0.2) is 0 Å². The van der Waals surface area contributed by atoms with E-state index in [2.05, 4.69) is 52.8 Å². The molecule has 0 N–H and O–H groups in total. The van der Waals surface area contributed by atoms with Crippen molar-refractivity contribution in [2.24, 2.45) is 17.3 Å². The second-order valence-electron chi connectivity index (χ2n) is 8.86. The van der Waals surface area contributed by atoms with Gasteiger partial charge < -0.3 is 9.31 Å². The van der Waals surface area contributed by atoms with Crippen LogP contribution in [-0.4, -0.2) is 18.8 Å². The van der Waals surface area contributed by atoms with Crippen LogP contribution in [-0.2, 0) is 15.7 Å². The topological polar surface area (TPSA) is 18.5 Å². The zero-order valence-corrected chi connectivity index (χ0v) is 15.2. The van der Waals surface area contributed by atoms with Gasteiger partial charge in [-0.3, -0.25) is 0 Å². The standard InChI is InChI=1S/C20H29BO2/c1-13-6-7-15(10-14(13)2)8-9-21-22-18-12-16-11-17(19(16,3)4)20(18,5)23-21/h6-7,10,16-18H,8-9,11-12H2,1-5H3/t16?,17-,18?,20-/m0/s1. The zero-order valence-electron chi connectivity index (χ0n) is 15.2. The van der Waals surface area contributed by atoms with Crippen LogP contribution in [0.2, 0.25) is 6.32 Å². The van der Waals surface area contributed by atoms with Gasteiger partial charge >= 0.3 is 7.12 Å². The molecule has 1 saturated heterocycles. The van der Waals surface area contributed by atoms with Gasteiger partial charge in [0.05, 0.1) is 11.7 Å². The first-order valence-electron chi connectivity index (χ1n) is 9.20. The van der Waals surface area contributed by atoms with E-state index < -0.39 is 0 Å². The Kier molecular flexibility index (Phi) is 3.48. The van der Waals surface area contributed by atoms with Gasteiger partial charge in [0.15, 0.2) is 0 Å². The average molecular weight is 312 g/mol. The summed E-state index contributed by atoms with van der Waals surface area (Å²) in [5.74, 6) is 1.48. The molecule has 4 aliphatic rings. The molecule has 0 radical (unpaired) electrons. The summed E-state index contributed by atoms with van der Waals surface area (Å²) in [5, 5.41) is 0. The van der Waals surface area contributed by atoms with Gasteiger partial charge in [-0.1, -0.05) is 32.0 Å². The molecule has 3 heteroatoms. The first kappa shape index (κ1) is 15.7. The Morgan fingerprint density at radius 3 is 2.61 bits per heavy atom. The minimum atomic E-state index is -0.0634. The molecule has 1 aromatic rings. The van der Waals surface area contributed by atoms with Crippen molar-refractivity contribution < 1.29 is 9.31 Å². The van der Waals surface area contributed by atoms with E-state index in [1.807, 2.05) is 0 Å². The molecule has 0 amide bonds. The van der Waals surface area contributed by atoms with E-state index in [4.69, 9.17) is 9.31 Å². The van der Waals surface area contributed by atoms with E-state index in [0.29, 0.717) is 17.4 Å². The Balaban J connectivity index is 1.42. The molecule has 1 heterocycles. The molecule has 23 heavy (non-hydrogen) atoms. The highest BCUT2D eigenvalue weighted by molar-refractivity contribution is 6.45. The molecule has 2 bridgehead atoms. The molecule has 5 rings (SSSR count). The van der Waals surface area contributed by atoms with Crippen molar-refractivity contribution in [2.45, 2.75) is 71.9 Å². The Labute approximate surface area is 141 Å². The van der Waals surface area contributed by atoms with Crippen molar-refractivity contribution in [1.82, 2.24) is 0 Å². The Hall–Kier alpha value is -0.795. The highest BCUT2D eigenvalue weighted by atomic mass is 16.7. The van der Waals surface area contributed by atoms with E-state index in [1.165, 1.54) is 29.5 Å². The van der Waals surface area contributed by atoms with Crippen molar-refractivity contribution in [3.05, 3.63) is 34.9 Å². The monoisotopic (exact) mass is 312 g/mol.